The Morgan fingerprint density at radius 3 is 1.06 bits per heavy atom. The molecule has 9 nitrogen and oxygen atoms in total. The van der Waals surface area contributed by atoms with E-state index in [1.54, 1.807) is 0 Å². The van der Waals surface area contributed by atoms with E-state index in [1.165, 1.54) is 193 Å². The van der Waals surface area contributed by atoms with E-state index in [1.807, 2.05) is 0 Å². The highest BCUT2D eigenvalue weighted by molar-refractivity contribution is 7.47. The van der Waals surface area contributed by atoms with Gasteiger partial charge in [0.25, 0.3) is 0 Å². The van der Waals surface area contributed by atoms with Gasteiger partial charge in [-0.05, 0) is 64.2 Å². The van der Waals surface area contributed by atoms with Crippen molar-refractivity contribution >= 4 is 19.8 Å². The van der Waals surface area contributed by atoms with Crippen molar-refractivity contribution in [2.45, 2.75) is 315 Å². The molecule has 0 bridgehead atoms. The SMILES string of the molecule is CC/C=C\C/C=C\C/C=C\C/C=C\C/C=C\C/C=C\CCCCCCCCCCC(=O)OC(COC(=O)CCCCCCCCCCCCCCCCCCCCCCCCCCCCCCC)COP(=O)(O)OCCN. The molecule has 0 aliphatic heterocycles. The van der Waals surface area contributed by atoms with E-state index < -0.39 is 26.5 Å². The summed E-state index contributed by atoms with van der Waals surface area (Å²) in [4.78, 5) is 35.3. The van der Waals surface area contributed by atoms with Gasteiger partial charge < -0.3 is 20.1 Å². The van der Waals surface area contributed by atoms with Gasteiger partial charge in [-0.25, -0.2) is 4.57 Å². The van der Waals surface area contributed by atoms with Crippen molar-refractivity contribution in [2.24, 2.45) is 5.73 Å². The highest BCUT2D eigenvalue weighted by Crippen LogP contribution is 2.43. The molecule has 448 valence electrons. The molecule has 0 fully saturated rings. The summed E-state index contributed by atoms with van der Waals surface area (Å²) in [6.45, 7) is 3.66. The van der Waals surface area contributed by atoms with E-state index in [2.05, 4.69) is 86.8 Å². The molecule has 0 aromatic heterocycles. The molecular weight excluding hydrogens is 978 g/mol. The van der Waals surface area contributed by atoms with Crippen LogP contribution in [0.5, 0.6) is 0 Å². The Labute approximate surface area is 475 Å². The highest BCUT2D eigenvalue weighted by atomic mass is 31.2. The van der Waals surface area contributed by atoms with Crippen LogP contribution in [-0.4, -0.2) is 49.3 Å². The van der Waals surface area contributed by atoms with E-state index in [4.69, 9.17) is 24.3 Å². The minimum atomic E-state index is -4.40. The third-order valence-electron chi connectivity index (χ3n) is 14.1. The van der Waals surface area contributed by atoms with Gasteiger partial charge >= 0.3 is 19.8 Å². The molecule has 0 aliphatic carbocycles. The highest BCUT2D eigenvalue weighted by Gasteiger charge is 2.26. The fourth-order valence-electron chi connectivity index (χ4n) is 9.35. The number of hydrogen-bond donors (Lipinski definition) is 2. The lowest BCUT2D eigenvalue weighted by Gasteiger charge is -2.19. The predicted molar refractivity (Wildman–Crippen MR) is 330 cm³/mol. The number of phosphoric ester groups is 1. The summed E-state index contributed by atoms with van der Waals surface area (Å²) in [6.07, 6.45) is 81.2. The van der Waals surface area contributed by atoms with Crippen molar-refractivity contribution in [3.63, 3.8) is 0 Å². The molecule has 0 aliphatic rings. The molecule has 0 saturated heterocycles. The second-order valence-corrected chi connectivity index (χ2v) is 23.1. The van der Waals surface area contributed by atoms with Crippen LogP contribution in [0.3, 0.4) is 0 Å². The first-order valence-electron chi connectivity index (χ1n) is 32.4. The third-order valence-corrected chi connectivity index (χ3v) is 15.1. The van der Waals surface area contributed by atoms with Crippen LogP contribution in [0.4, 0.5) is 0 Å². The first-order chi connectivity index (χ1) is 37.8. The fourth-order valence-corrected chi connectivity index (χ4v) is 10.1. The van der Waals surface area contributed by atoms with E-state index in [9.17, 15) is 19.0 Å². The van der Waals surface area contributed by atoms with Crippen LogP contribution >= 0.6 is 7.82 Å². The predicted octanol–water partition coefficient (Wildman–Crippen LogP) is 20.9. The van der Waals surface area contributed by atoms with Gasteiger partial charge in [-0.15, -0.1) is 0 Å². The van der Waals surface area contributed by atoms with Crippen molar-refractivity contribution in [1.82, 2.24) is 0 Å². The van der Waals surface area contributed by atoms with Crippen LogP contribution < -0.4 is 5.73 Å². The number of carbonyl (C=O) groups excluding carboxylic acids is 2. The number of esters is 2. The lowest BCUT2D eigenvalue weighted by atomic mass is 10.0. The van der Waals surface area contributed by atoms with Crippen LogP contribution in [0.1, 0.15) is 309 Å². The maximum atomic E-state index is 12.7. The molecule has 0 aromatic carbocycles. The molecule has 10 heteroatoms. The molecule has 2 atom stereocenters. The number of nitrogens with two attached hydrogens (primary N) is 1. The molecule has 77 heavy (non-hydrogen) atoms. The minimum absolute atomic E-state index is 0.0503. The number of rotatable bonds is 61. The summed E-state index contributed by atoms with van der Waals surface area (Å²) in [5.74, 6) is -0.827. The average Bonchev–Trinajstić information content (AvgIpc) is 3.42. The number of unbranched alkanes of at least 4 members (excludes halogenated alkanes) is 36. The largest absolute Gasteiger partial charge is 0.472 e. The number of phosphoric acid groups is 1. The zero-order chi connectivity index (χ0) is 55.9. The minimum Gasteiger partial charge on any atom is -0.462 e. The molecule has 2 unspecified atom stereocenters. The summed E-state index contributed by atoms with van der Waals surface area (Å²) in [5.41, 5.74) is 5.39. The molecule has 3 N–H and O–H groups in total. The monoisotopic (exact) mass is 1100 g/mol. The van der Waals surface area contributed by atoms with Crippen LogP contribution in [0, 0.1) is 0 Å². The Bertz CT molecular complexity index is 1490. The molecule has 0 radical (unpaired) electrons. The second kappa shape index (κ2) is 62.6. The van der Waals surface area contributed by atoms with Crippen LogP contribution in [0.2, 0.25) is 0 Å². The van der Waals surface area contributed by atoms with Gasteiger partial charge in [-0.1, -0.05) is 305 Å². The van der Waals surface area contributed by atoms with E-state index >= 15 is 0 Å². The van der Waals surface area contributed by atoms with Gasteiger partial charge in [0.15, 0.2) is 6.10 Å². The van der Waals surface area contributed by atoms with E-state index in [0.29, 0.717) is 6.42 Å². The van der Waals surface area contributed by atoms with Gasteiger partial charge in [0.1, 0.15) is 6.61 Å². The Balaban J connectivity index is 3.92. The molecular formula is C67H122NO8P. The number of carbonyl (C=O) groups is 2. The third kappa shape index (κ3) is 62.5. The topological polar surface area (TPSA) is 134 Å². The Morgan fingerprint density at radius 1 is 0.403 bits per heavy atom. The van der Waals surface area contributed by atoms with Crippen molar-refractivity contribution in [3.8, 4) is 0 Å². The van der Waals surface area contributed by atoms with Crippen LogP contribution in [0.15, 0.2) is 72.9 Å². The number of allylic oxidation sites excluding steroid dienone is 12. The van der Waals surface area contributed by atoms with Gasteiger partial charge in [-0.3, -0.25) is 18.6 Å². The van der Waals surface area contributed by atoms with E-state index in [-0.39, 0.29) is 38.6 Å². The zero-order valence-electron chi connectivity index (χ0n) is 50.2. The van der Waals surface area contributed by atoms with Crippen LogP contribution in [0.25, 0.3) is 0 Å². The molecule has 0 rings (SSSR count). The summed E-state index contributed by atoms with van der Waals surface area (Å²) in [5, 5.41) is 0. The van der Waals surface area contributed by atoms with Crippen molar-refractivity contribution in [2.75, 3.05) is 26.4 Å². The van der Waals surface area contributed by atoms with Gasteiger partial charge in [0.05, 0.1) is 13.2 Å². The molecule has 0 heterocycles. The Kier molecular flexibility index (Phi) is 60.6. The van der Waals surface area contributed by atoms with Crippen molar-refractivity contribution in [1.29, 1.82) is 0 Å². The summed E-state index contributed by atoms with van der Waals surface area (Å²) < 4.78 is 33.1. The quantitative estimate of drug-likeness (QED) is 0.0264. The van der Waals surface area contributed by atoms with Gasteiger partial charge in [-0.2, -0.15) is 0 Å². The Hall–Kier alpha value is -2.55. The van der Waals surface area contributed by atoms with E-state index in [0.717, 1.165) is 83.5 Å². The van der Waals surface area contributed by atoms with Gasteiger partial charge in [0.2, 0.25) is 0 Å². The number of hydrogen-bond acceptors (Lipinski definition) is 8. The van der Waals surface area contributed by atoms with Gasteiger partial charge in [0, 0.05) is 19.4 Å². The lowest BCUT2D eigenvalue weighted by Crippen LogP contribution is -2.29. The number of ether oxygens (including phenoxy) is 2. The summed E-state index contributed by atoms with van der Waals surface area (Å²) >= 11 is 0. The lowest BCUT2D eigenvalue weighted by molar-refractivity contribution is -0.161. The molecule has 0 amide bonds. The fraction of sp³-hybridized carbons (Fsp3) is 0.791. The first kappa shape index (κ1) is 74.5. The molecule has 0 aromatic rings. The zero-order valence-corrected chi connectivity index (χ0v) is 51.1. The normalized spacial score (nSPS) is 13.5. The smallest absolute Gasteiger partial charge is 0.462 e. The van der Waals surface area contributed by atoms with Crippen LogP contribution in [-0.2, 0) is 32.7 Å². The Morgan fingerprint density at radius 2 is 0.714 bits per heavy atom. The summed E-state index contributed by atoms with van der Waals surface area (Å²) in [6, 6.07) is 0. The average molecular weight is 1100 g/mol. The first-order valence-corrected chi connectivity index (χ1v) is 33.9. The molecule has 0 spiro atoms. The molecule has 0 saturated carbocycles. The van der Waals surface area contributed by atoms with Crippen molar-refractivity contribution in [3.05, 3.63) is 72.9 Å². The summed E-state index contributed by atoms with van der Waals surface area (Å²) in [7, 11) is -4.40. The maximum Gasteiger partial charge on any atom is 0.472 e. The maximum absolute atomic E-state index is 12.7. The second-order valence-electron chi connectivity index (χ2n) is 21.6. The standard InChI is InChI=1S/C67H122NO8P/c1-3-5-7-9-11-13-15-17-19-21-23-25-27-29-31-32-34-35-37-39-41-43-45-47-49-51-53-55-57-59-66(69)73-63-65(64-75-77(71,72)74-62-61-68)76-67(70)60-58-56-54-52-50-48-46-44-42-40-38-36-33-30-28-26-24-22-20-18-16-14-12-10-8-6-4-2/h6,8,12,14,18,20,24,26,30,33,38,40,65H,3-5,7,9-11,13,15-17,19,21-23,25,27-29,31-32,34-37,39,41-64,68H2,1-2H3,(H,71,72)/b8-6-,14-12-,20-18-,26-24-,33-30-,40-38-. The van der Waals surface area contributed by atoms with Crippen molar-refractivity contribution < 1.29 is 37.6 Å².